The van der Waals surface area contributed by atoms with Crippen molar-refractivity contribution in [2.75, 3.05) is 4.90 Å². The summed E-state index contributed by atoms with van der Waals surface area (Å²) < 4.78 is 19.1. The monoisotopic (exact) mass is 442 g/mol. The number of hydrogen-bond acceptors (Lipinski definition) is 6. The summed E-state index contributed by atoms with van der Waals surface area (Å²) in [5.41, 5.74) is 2.07. The van der Waals surface area contributed by atoms with Gasteiger partial charge in [0.2, 0.25) is 0 Å². The fraction of sp³-hybridized carbons (Fsp3) is 0.440. The number of hydrogen-bond donors (Lipinski definition) is 2. The number of carbonyl (C=O) groups is 1. The van der Waals surface area contributed by atoms with E-state index in [1.807, 2.05) is 20.8 Å². The van der Waals surface area contributed by atoms with Gasteiger partial charge in [0.05, 0.1) is 5.60 Å². The Hall–Kier alpha value is -2.61. The molecular weight excluding hydrogens is 411 g/mol. The number of benzene rings is 1. The van der Waals surface area contributed by atoms with E-state index in [1.165, 1.54) is 12.1 Å². The summed E-state index contributed by atoms with van der Waals surface area (Å²) in [5.74, 6) is 0.262. The van der Waals surface area contributed by atoms with Gasteiger partial charge in [-0.25, -0.2) is 9.38 Å². The van der Waals surface area contributed by atoms with Gasteiger partial charge in [0.25, 0.3) is 0 Å². The largest absolute Gasteiger partial charge is 0.369 e. The lowest BCUT2D eigenvalue weighted by Crippen LogP contribution is -2.40. The Kier molecular flexibility index (Phi) is 7.77. The molecular formula is C25H31FN2O4. The van der Waals surface area contributed by atoms with E-state index in [4.69, 9.17) is 9.73 Å². The Morgan fingerprint density at radius 2 is 1.97 bits per heavy atom. The molecule has 0 amide bonds. The number of aliphatic hydroxyl groups is 2. The zero-order chi connectivity index (χ0) is 23.3. The molecule has 172 valence electrons. The lowest BCUT2D eigenvalue weighted by Gasteiger charge is -2.31. The summed E-state index contributed by atoms with van der Waals surface area (Å²) in [6.07, 6.45) is 6.87. The SMILES string of the molecule is CC(C)(C)OC(O)CCCCC1=NC2=CC(C=O)=CC=C(C2)C(O)N1c1ccc(F)cc1. The van der Waals surface area contributed by atoms with Crippen LogP contribution in [-0.2, 0) is 9.53 Å². The Morgan fingerprint density at radius 3 is 2.62 bits per heavy atom. The molecule has 2 unspecified atom stereocenters. The molecule has 7 heteroatoms. The highest BCUT2D eigenvalue weighted by Crippen LogP contribution is 2.32. The number of anilines is 1. The van der Waals surface area contributed by atoms with Crippen LogP contribution >= 0.6 is 0 Å². The smallest absolute Gasteiger partial charge is 0.155 e. The molecule has 0 radical (unpaired) electrons. The van der Waals surface area contributed by atoms with E-state index in [2.05, 4.69) is 0 Å². The second-order valence-electron chi connectivity index (χ2n) is 9.02. The van der Waals surface area contributed by atoms with Gasteiger partial charge in [0, 0.05) is 29.8 Å². The van der Waals surface area contributed by atoms with Crippen LogP contribution in [0.4, 0.5) is 10.1 Å². The van der Waals surface area contributed by atoms with Crippen LogP contribution in [0, 0.1) is 5.82 Å². The number of amidine groups is 1. The van der Waals surface area contributed by atoms with Gasteiger partial charge < -0.3 is 14.9 Å². The van der Waals surface area contributed by atoms with Gasteiger partial charge in [-0.1, -0.05) is 12.2 Å². The normalized spacial score (nSPS) is 19.8. The topological polar surface area (TPSA) is 82.4 Å². The van der Waals surface area contributed by atoms with Crippen LogP contribution in [0.25, 0.3) is 0 Å². The Labute approximate surface area is 188 Å². The molecule has 2 atom stereocenters. The quantitative estimate of drug-likeness (QED) is 0.354. The molecule has 2 aliphatic rings. The van der Waals surface area contributed by atoms with Crippen molar-refractivity contribution >= 4 is 17.8 Å². The molecule has 32 heavy (non-hydrogen) atoms. The van der Waals surface area contributed by atoms with E-state index in [0.29, 0.717) is 60.5 Å². The second-order valence-corrected chi connectivity index (χ2v) is 9.02. The summed E-state index contributed by atoms with van der Waals surface area (Å²) in [4.78, 5) is 17.8. The number of unbranched alkanes of at least 4 members (excludes halogenated alkanes) is 1. The number of aliphatic hydroxyl groups excluding tert-OH is 2. The van der Waals surface area contributed by atoms with Crippen molar-refractivity contribution < 1.29 is 24.1 Å². The number of aldehydes is 1. The first kappa shape index (κ1) is 24.0. The Balaban J connectivity index is 1.82. The Bertz CT molecular complexity index is 942. The van der Waals surface area contributed by atoms with Crippen molar-refractivity contribution in [1.82, 2.24) is 0 Å². The molecule has 1 aliphatic carbocycles. The summed E-state index contributed by atoms with van der Waals surface area (Å²) in [6, 6.07) is 5.92. The minimum Gasteiger partial charge on any atom is -0.369 e. The molecule has 3 rings (SSSR count). The summed E-state index contributed by atoms with van der Waals surface area (Å²) in [6.45, 7) is 5.68. The molecule has 6 nitrogen and oxygen atoms in total. The number of aliphatic imine (C=N–C) groups is 1. The van der Waals surface area contributed by atoms with Crippen LogP contribution in [0.3, 0.4) is 0 Å². The second kappa shape index (κ2) is 10.3. The third kappa shape index (κ3) is 6.45. The first-order chi connectivity index (χ1) is 15.2. The number of halogens is 1. The highest BCUT2D eigenvalue weighted by Gasteiger charge is 2.29. The molecule has 0 saturated heterocycles. The fourth-order valence-corrected chi connectivity index (χ4v) is 3.75. The first-order valence-corrected chi connectivity index (χ1v) is 10.9. The van der Waals surface area contributed by atoms with Gasteiger partial charge in [-0.05, 0) is 75.9 Å². The number of ether oxygens (including phenoxy) is 1. The molecule has 2 bridgehead atoms. The van der Waals surface area contributed by atoms with Crippen LogP contribution in [0.15, 0.2) is 64.3 Å². The molecule has 0 saturated carbocycles. The minimum absolute atomic E-state index is 0.361. The van der Waals surface area contributed by atoms with Crippen LogP contribution in [0.2, 0.25) is 0 Å². The molecule has 0 fully saturated rings. The van der Waals surface area contributed by atoms with E-state index in [1.54, 1.807) is 35.3 Å². The molecule has 1 aliphatic heterocycles. The van der Waals surface area contributed by atoms with Crippen LogP contribution in [0.5, 0.6) is 0 Å². The van der Waals surface area contributed by atoms with E-state index in [-0.39, 0.29) is 5.82 Å². The van der Waals surface area contributed by atoms with Crippen molar-refractivity contribution in [3.63, 3.8) is 0 Å². The van der Waals surface area contributed by atoms with Crippen molar-refractivity contribution in [2.45, 2.75) is 71.0 Å². The van der Waals surface area contributed by atoms with E-state index < -0.39 is 18.1 Å². The average Bonchev–Trinajstić information content (AvgIpc) is 3.00. The third-order valence-corrected chi connectivity index (χ3v) is 5.17. The van der Waals surface area contributed by atoms with Crippen molar-refractivity contribution in [3.8, 4) is 0 Å². The number of carbonyl (C=O) groups excluding carboxylic acids is 1. The minimum atomic E-state index is -0.998. The molecule has 0 aromatic heterocycles. The third-order valence-electron chi connectivity index (χ3n) is 5.17. The molecule has 1 heterocycles. The number of allylic oxidation sites excluding steroid dienone is 5. The summed E-state index contributed by atoms with van der Waals surface area (Å²) >= 11 is 0. The first-order valence-electron chi connectivity index (χ1n) is 10.9. The van der Waals surface area contributed by atoms with Gasteiger partial charge in [0.1, 0.15) is 17.9 Å². The lowest BCUT2D eigenvalue weighted by atomic mass is 10.1. The highest BCUT2D eigenvalue weighted by atomic mass is 19.1. The predicted molar refractivity (Wildman–Crippen MR) is 123 cm³/mol. The zero-order valence-electron chi connectivity index (χ0n) is 18.8. The average molecular weight is 443 g/mol. The molecule has 1 aromatic carbocycles. The summed E-state index contributed by atoms with van der Waals surface area (Å²) in [5, 5.41) is 21.3. The molecule has 1 aromatic rings. The van der Waals surface area contributed by atoms with Crippen molar-refractivity contribution in [2.24, 2.45) is 4.99 Å². The van der Waals surface area contributed by atoms with Crippen molar-refractivity contribution in [1.29, 1.82) is 0 Å². The highest BCUT2D eigenvalue weighted by molar-refractivity contribution is 6.00. The van der Waals surface area contributed by atoms with Crippen LogP contribution in [0.1, 0.15) is 52.9 Å². The van der Waals surface area contributed by atoms with Crippen LogP contribution in [-0.4, -0.2) is 40.5 Å². The Morgan fingerprint density at radius 1 is 1.25 bits per heavy atom. The fourth-order valence-electron chi connectivity index (χ4n) is 3.75. The number of rotatable bonds is 8. The van der Waals surface area contributed by atoms with E-state index in [9.17, 15) is 19.4 Å². The number of fused-ring (bicyclic) bond motifs is 2. The standard InChI is InChI=1S/C25H31FN2O4/c1-25(2,3)32-23(30)7-5-4-6-22-27-20-14-17(16-29)8-9-18(15-20)24(31)28(22)21-12-10-19(26)11-13-21/h8-14,16,23-24,30-31H,4-7,15H2,1-3H3. The maximum absolute atomic E-state index is 13.5. The van der Waals surface area contributed by atoms with Gasteiger partial charge in [-0.3, -0.25) is 9.69 Å². The van der Waals surface area contributed by atoms with Gasteiger partial charge in [-0.15, -0.1) is 0 Å². The summed E-state index contributed by atoms with van der Waals surface area (Å²) in [7, 11) is 0. The maximum Gasteiger partial charge on any atom is 0.155 e. The molecule has 0 spiro atoms. The van der Waals surface area contributed by atoms with Gasteiger partial charge in [-0.2, -0.15) is 0 Å². The maximum atomic E-state index is 13.5. The zero-order valence-corrected chi connectivity index (χ0v) is 18.8. The van der Waals surface area contributed by atoms with E-state index in [0.717, 1.165) is 6.29 Å². The number of nitrogens with zero attached hydrogens (tertiary/aromatic N) is 2. The van der Waals surface area contributed by atoms with Crippen molar-refractivity contribution in [3.05, 3.63) is 65.2 Å². The molecule has 2 N–H and O–H groups in total. The van der Waals surface area contributed by atoms with Gasteiger partial charge >= 0.3 is 0 Å². The lowest BCUT2D eigenvalue weighted by molar-refractivity contribution is -0.168. The predicted octanol–water partition coefficient (Wildman–Crippen LogP) is 4.40. The van der Waals surface area contributed by atoms with Crippen LogP contribution < -0.4 is 4.90 Å². The van der Waals surface area contributed by atoms with E-state index >= 15 is 0 Å². The van der Waals surface area contributed by atoms with Gasteiger partial charge in [0.15, 0.2) is 12.5 Å².